The van der Waals surface area contributed by atoms with E-state index in [1.54, 1.807) is 0 Å². The number of thioether (sulfide) groups is 1. The Morgan fingerprint density at radius 1 is 1.09 bits per heavy atom. The lowest BCUT2D eigenvalue weighted by Gasteiger charge is -2.08. The second-order valence-electron chi connectivity index (χ2n) is 3.83. The van der Waals surface area contributed by atoms with Crippen molar-refractivity contribution in [3.8, 4) is 0 Å². The van der Waals surface area contributed by atoms with Crippen molar-refractivity contribution >= 4 is 11.8 Å². The van der Waals surface area contributed by atoms with Crippen LogP contribution in [0.5, 0.6) is 0 Å². The monoisotopic (exact) mass is 171 g/mol. The molecule has 11 heavy (non-hydrogen) atoms. The van der Waals surface area contributed by atoms with Gasteiger partial charge in [-0.05, 0) is 55.7 Å². The molecule has 2 rings (SSSR count). The molecule has 1 heterocycles. The zero-order valence-corrected chi connectivity index (χ0v) is 7.83. The van der Waals surface area contributed by atoms with Crippen molar-refractivity contribution in [1.82, 2.24) is 5.32 Å². The predicted octanol–water partition coefficient (Wildman–Crippen LogP) is 1.74. The topological polar surface area (TPSA) is 12.0 Å². The molecule has 1 aliphatic heterocycles. The SMILES string of the molecule is C1CC(CNCC2CC2)CS1. The van der Waals surface area contributed by atoms with Crippen molar-refractivity contribution < 1.29 is 0 Å². The van der Waals surface area contributed by atoms with Gasteiger partial charge in [0.25, 0.3) is 0 Å². The minimum Gasteiger partial charge on any atom is -0.316 e. The summed E-state index contributed by atoms with van der Waals surface area (Å²) in [6.07, 6.45) is 4.40. The van der Waals surface area contributed by atoms with Gasteiger partial charge in [-0.2, -0.15) is 11.8 Å². The Morgan fingerprint density at radius 2 is 1.91 bits per heavy atom. The van der Waals surface area contributed by atoms with Gasteiger partial charge >= 0.3 is 0 Å². The van der Waals surface area contributed by atoms with Crippen LogP contribution in [0.2, 0.25) is 0 Å². The van der Waals surface area contributed by atoms with Gasteiger partial charge in [0.15, 0.2) is 0 Å². The van der Waals surface area contributed by atoms with Gasteiger partial charge < -0.3 is 5.32 Å². The molecule has 2 fully saturated rings. The Balaban J connectivity index is 1.51. The minimum atomic E-state index is 0.985. The lowest BCUT2D eigenvalue weighted by molar-refractivity contribution is 0.512. The van der Waals surface area contributed by atoms with Crippen LogP contribution in [-0.2, 0) is 0 Å². The van der Waals surface area contributed by atoms with Crippen molar-refractivity contribution in [2.75, 3.05) is 24.6 Å². The number of hydrogen-bond acceptors (Lipinski definition) is 2. The van der Waals surface area contributed by atoms with Crippen LogP contribution in [0.3, 0.4) is 0 Å². The van der Waals surface area contributed by atoms with E-state index in [1.165, 1.54) is 43.9 Å². The van der Waals surface area contributed by atoms with Gasteiger partial charge in [0.05, 0.1) is 0 Å². The van der Waals surface area contributed by atoms with Crippen LogP contribution in [0.4, 0.5) is 0 Å². The molecule has 1 nitrogen and oxygen atoms in total. The minimum absolute atomic E-state index is 0.985. The molecule has 1 unspecified atom stereocenters. The summed E-state index contributed by atoms with van der Waals surface area (Å²) in [4.78, 5) is 0. The summed E-state index contributed by atoms with van der Waals surface area (Å²) in [7, 11) is 0. The van der Waals surface area contributed by atoms with E-state index in [0.29, 0.717) is 0 Å². The molecule has 1 saturated carbocycles. The first kappa shape index (κ1) is 7.93. The third-order valence-corrected chi connectivity index (χ3v) is 3.82. The lowest BCUT2D eigenvalue weighted by atomic mass is 10.1. The first-order chi connectivity index (χ1) is 5.45. The van der Waals surface area contributed by atoms with Crippen LogP contribution in [0.1, 0.15) is 19.3 Å². The molecule has 1 atom stereocenters. The van der Waals surface area contributed by atoms with Gasteiger partial charge in [-0.1, -0.05) is 0 Å². The molecule has 0 aromatic rings. The van der Waals surface area contributed by atoms with E-state index in [4.69, 9.17) is 0 Å². The Morgan fingerprint density at radius 3 is 2.55 bits per heavy atom. The predicted molar refractivity (Wildman–Crippen MR) is 51.0 cm³/mol. The maximum absolute atomic E-state index is 3.58. The van der Waals surface area contributed by atoms with E-state index in [0.717, 1.165) is 11.8 Å². The van der Waals surface area contributed by atoms with Crippen LogP contribution in [0.15, 0.2) is 0 Å². The van der Waals surface area contributed by atoms with Crippen LogP contribution in [0.25, 0.3) is 0 Å². The number of rotatable bonds is 4. The Hall–Kier alpha value is 0.310. The molecule has 0 aromatic carbocycles. The summed E-state index contributed by atoms with van der Waals surface area (Å²) in [5.41, 5.74) is 0. The molecule has 1 saturated heterocycles. The lowest BCUT2D eigenvalue weighted by Crippen LogP contribution is -2.24. The second-order valence-corrected chi connectivity index (χ2v) is 4.98. The van der Waals surface area contributed by atoms with Crippen molar-refractivity contribution in [2.24, 2.45) is 11.8 Å². The standard InChI is InChI=1S/C9H17NS/c1-2-8(1)5-10-6-9-3-4-11-7-9/h8-10H,1-7H2. The highest BCUT2D eigenvalue weighted by Crippen LogP contribution is 2.28. The molecule has 0 aromatic heterocycles. The summed E-state index contributed by atoms with van der Waals surface area (Å²) >= 11 is 2.12. The van der Waals surface area contributed by atoms with Gasteiger partial charge in [0.1, 0.15) is 0 Å². The van der Waals surface area contributed by atoms with Crippen LogP contribution >= 0.6 is 11.8 Å². The van der Waals surface area contributed by atoms with Gasteiger partial charge in [-0.25, -0.2) is 0 Å². The Labute approximate surface area is 73.3 Å². The highest BCUT2D eigenvalue weighted by molar-refractivity contribution is 7.99. The van der Waals surface area contributed by atoms with Gasteiger partial charge in [0.2, 0.25) is 0 Å². The zero-order valence-electron chi connectivity index (χ0n) is 7.01. The Bertz CT molecular complexity index is 117. The quantitative estimate of drug-likeness (QED) is 0.691. The van der Waals surface area contributed by atoms with E-state index in [-0.39, 0.29) is 0 Å². The normalized spacial score (nSPS) is 31.1. The number of hydrogen-bond donors (Lipinski definition) is 1. The molecular weight excluding hydrogens is 154 g/mol. The highest BCUT2D eigenvalue weighted by atomic mass is 32.2. The Kier molecular flexibility index (Phi) is 2.75. The molecule has 2 heteroatoms. The first-order valence-corrected chi connectivity index (χ1v) is 5.89. The third kappa shape index (κ3) is 2.68. The third-order valence-electron chi connectivity index (χ3n) is 2.59. The average molecular weight is 171 g/mol. The summed E-state index contributed by atoms with van der Waals surface area (Å²) < 4.78 is 0. The van der Waals surface area contributed by atoms with Crippen LogP contribution in [0, 0.1) is 11.8 Å². The van der Waals surface area contributed by atoms with E-state index in [9.17, 15) is 0 Å². The summed E-state index contributed by atoms with van der Waals surface area (Å²) in [6.45, 7) is 2.57. The van der Waals surface area contributed by atoms with Crippen molar-refractivity contribution in [1.29, 1.82) is 0 Å². The fraction of sp³-hybridized carbons (Fsp3) is 1.00. The zero-order chi connectivity index (χ0) is 7.52. The van der Waals surface area contributed by atoms with Crippen molar-refractivity contribution in [3.63, 3.8) is 0 Å². The molecule has 0 radical (unpaired) electrons. The highest BCUT2D eigenvalue weighted by Gasteiger charge is 2.21. The maximum Gasteiger partial charge on any atom is -0.00122 e. The molecule has 1 N–H and O–H groups in total. The van der Waals surface area contributed by atoms with Gasteiger partial charge in [0, 0.05) is 0 Å². The van der Waals surface area contributed by atoms with Crippen molar-refractivity contribution in [2.45, 2.75) is 19.3 Å². The first-order valence-electron chi connectivity index (χ1n) is 4.73. The molecule has 0 spiro atoms. The summed E-state index contributed by atoms with van der Waals surface area (Å²) in [5.74, 6) is 4.83. The molecule has 0 bridgehead atoms. The molecule has 0 amide bonds. The van der Waals surface area contributed by atoms with E-state index >= 15 is 0 Å². The maximum atomic E-state index is 3.58. The van der Waals surface area contributed by atoms with Gasteiger partial charge in [-0.3, -0.25) is 0 Å². The fourth-order valence-electron chi connectivity index (χ4n) is 1.56. The fourth-order valence-corrected chi connectivity index (χ4v) is 2.84. The van der Waals surface area contributed by atoms with Crippen molar-refractivity contribution in [3.05, 3.63) is 0 Å². The van der Waals surface area contributed by atoms with Crippen LogP contribution < -0.4 is 5.32 Å². The van der Waals surface area contributed by atoms with E-state index < -0.39 is 0 Å². The van der Waals surface area contributed by atoms with E-state index in [1.807, 2.05) is 0 Å². The van der Waals surface area contributed by atoms with E-state index in [2.05, 4.69) is 17.1 Å². The smallest absolute Gasteiger partial charge is 0.00122 e. The van der Waals surface area contributed by atoms with Crippen LogP contribution in [-0.4, -0.2) is 24.6 Å². The molecular formula is C9H17NS. The summed E-state index contributed by atoms with van der Waals surface area (Å²) in [6, 6.07) is 0. The van der Waals surface area contributed by atoms with Gasteiger partial charge in [-0.15, -0.1) is 0 Å². The molecule has 2 aliphatic rings. The largest absolute Gasteiger partial charge is 0.316 e. The summed E-state index contributed by atoms with van der Waals surface area (Å²) in [5, 5.41) is 3.58. The number of nitrogens with one attached hydrogen (secondary N) is 1. The average Bonchev–Trinajstić information content (AvgIpc) is 2.66. The molecule has 64 valence electrons. The molecule has 1 aliphatic carbocycles. The second kappa shape index (κ2) is 3.81.